The van der Waals surface area contributed by atoms with Gasteiger partial charge in [-0.25, -0.2) is 0 Å². The van der Waals surface area contributed by atoms with Gasteiger partial charge in [0.2, 0.25) is 5.91 Å². The van der Waals surface area contributed by atoms with Crippen molar-refractivity contribution in [3.05, 3.63) is 81.8 Å². The number of piperazine rings is 1. The monoisotopic (exact) mass is 497 g/mol. The molecule has 0 saturated carbocycles. The average molecular weight is 498 g/mol. The van der Waals surface area contributed by atoms with E-state index in [1.54, 1.807) is 6.07 Å². The maximum absolute atomic E-state index is 13.1. The number of halogens is 2. The number of fused-ring (bicyclic) bond motifs is 1. The molecule has 1 fully saturated rings. The Balaban J connectivity index is 1.34. The highest BCUT2D eigenvalue weighted by Crippen LogP contribution is 2.24. The average Bonchev–Trinajstić information content (AvgIpc) is 2.85. The molecule has 1 unspecified atom stereocenters. The fourth-order valence-electron chi connectivity index (χ4n) is 4.84. The Bertz CT molecular complexity index is 1120. The number of nitrogens with two attached hydrogens (primary N) is 1. The van der Waals surface area contributed by atoms with Crippen molar-refractivity contribution in [2.75, 3.05) is 32.7 Å². The molecule has 0 bridgehead atoms. The van der Waals surface area contributed by atoms with Crippen molar-refractivity contribution in [3.8, 4) is 0 Å². The van der Waals surface area contributed by atoms with Gasteiger partial charge in [-0.1, -0.05) is 71.7 Å². The molecule has 0 radical (unpaired) electrons. The molecule has 4 rings (SSSR count). The molecule has 0 spiro atoms. The predicted molar refractivity (Wildman–Crippen MR) is 143 cm³/mol. The number of hydrogen-bond acceptors (Lipinski definition) is 3. The van der Waals surface area contributed by atoms with E-state index in [0.29, 0.717) is 29.4 Å². The van der Waals surface area contributed by atoms with E-state index in [4.69, 9.17) is 28.9 Å². The lowest BCUT2D eigenvalue weighted by molar-refractivity contribution is -0.136. The van der Waals surface area contributed by atoms with Crippen molar-refractivity contribution >= 4 is 39.9 Å². The first-order chi connectivity index (χ1) is 16.5. The smallest absolute Gasteiger partial charge is 0.223 e. The lowest BCUT2D eigenvalue weighted by Gasteiger charge is -2.42. The highest BCUT2D eigenvalue weighted by atomic mass is 35.5. The molecular weight excluding hydrogens is 465 g/mol. The van der Waals surface area contributed by atoms with E-state index < -0.39 is 0 Å². The van der Waals surface area contributed by atoms with Crippen molar-refractivity contribution in [3.63, 3.8) is 0 Å². The summed E-state index contributed by atoms with van der Waals surface area (Å²) in [6, 6.07) is 20.9. The summed E-state index contributed by atoms with van der Waals surface area (Å²) in [7, 11) is 0. The topological polar surface area (TPSA) is 49.6 Å². The third kappa shape index (κ3) is 6.51. The first kappa shape index (κ1) is 25.0. The van der Waals surface area contributed by atoms with E-state index in [-0.39, 0.29) is 11.9 Å². The van der Waals surface area contributed by atoms with Crippen LogP contribution in [0.15, 0.2) is 60.7 Å². The van der Waals surface area contributed by atoms with E-state index in [9.17, 15) is 4.79 Å². The molecule has 3 aromatic carbocycles. The van der Waals surface area contributed by atoms with Gasteiger partial charge in [0.05, 0.1) is 0 Å². The summed E-state index contributed by atoms with van der Waals surface area (Å²) in [5, 5.41) is 3.80. The van der Waals surface area contributed by atoms with E-state index in [1.165, 1.54) is 16.3 Å². The van der Waals surface area contributed by atoms with Crippen LogP contribution < -0.4 is 5.73 Å². The lowest BCUT2D eigenvalue weighted by atomic mass is 10.0. The quantitative estimate of drug-likeness (QED) is 0.420. The van der Waals surface area contributed by atoms with Gasteiger partial charge in [-0.15, -0.1) is 0 Å². The molecule has 1 aliphatic heterocycles. The Kier molecular flexibility index (Phi) is 8.85. The second kappa shape index (κ2) is 12.0. The van der Waals surface area contributed by atoms with E-state index >= 15 is 0 Å². The van der Waals surface area contributed by atoms with Crippen molar-refractivity contribution < 1.29 is 4.79 Å². The van der Waals surface area contributed by atoms with Crippen molar-refractivity contribution in [2.45, 2.75) is 38.1 Å². The number of hydrogen-bond donors (Lipinski definition) is 1. The van der Waals surface area contributed by atoms with Crippen LogP contribution >= 0.6 is 23.2 Å². The minimum absolute atomic E-state index is 0.196. The second-order valence-electron chi connectivity index (χ2n) is 9.14. The minimum atomic E-state index is 0.196. The zero-order valence-electron chi connectivity index (χ0n) is 19.6. The largest absolute Gasteiger partial charge is 0.337 e. The van der Waals surface area contributed by atoms with Crippen molar-refractivity contribution in [1.29, 1.82) is 0 Å². The van der Waals surface area contributed by atoms with Gasteiger partial charge in [-0.2, -0.15) is 0 Å². The number of amides is 1. The molecule has 1 aliphatic rings. The second-order valence-corrected chi connectivity index (χ2v) is 9.98. The summed E-state index contributed by atoms with van der Waals surface area (Å²) in [5.41, 5.74) is 8.12. The first-order valence-electron chi connectivity index (χ1n) is 12.2. The molecule has 2 N–H and O–H groups in total. The van der Waals surface area contributed by atoms with Crippen LogP contribution in [0.3, 0.4) is 0 Å². The number of nitrogens with zero attached hydrogens (tertiary/aromatic N) is 2. The Morgan fingerprint density at radius 3 is 2.59 bits per heavy atom. The molecule has 3 aromatic rings. The number of benzene rings is 3. The van der Waals surface area contributed by atoms with Crippen LogP contribution in [-0.2, 0) is 17.6 Å². The summed E-state index contributed by atoms with van der Waals surface area (Å²) in [4.78, 5) is 17.7. The molecule has 1 saturated heterocycles. The highest BCUT2D eigenvalue weighted by molar-refractivity contribution is 6.35. The van der Waals surface area contributed by atoms with Gasteiger partial charge in [0.1, 0.15) is 0 Å². The van der Waals surface area contributed by atoms with Gasteiger partial charge in [-0.05, 0) is 66.3 Å². The fraction of sp³-hybridized carbons (Fsp3) is 0.393. The SMILES string of the molecule is NCCCC1CN(CCc2ccc3ccccc3c2)CCN1C(=O)CCc1ccc(Cl)cc1Cl. The van der Waals surface area contributed by atoms with Gasteiger partial charge in [0.25, 0.3) is 0 Å². The predicted octanol–water partition coefficient (Wildman–Crippen LogP) is 5.57. The Labute approximate surface area is 212 Å². The minimum Gasteiger partial charge on any atom is -0.337 e. The lowest BCUT2D eigenvalue weighted by Crippen LogP contribution is -2.55. The van der Waals surface area contributed by atoms with Gasteiger partial charge in [0.15, 0.2) is 0 Å². The Morgan fingerprint density at radius 1 is 0.971 bits per heavy atom. The maximum atomic E-state index is 13.1. The zero-order chi connectivity index (χ0) is 23.9. The molecule has 180 valence electrons. The zero-order valence-corrected chi connectivity index (χ0v) is 21.1. The molecule has 1 atom stereocenters. The van der Waals surface area contributed by atoms with Crippen LogP contribution in [0.25, 0.3) is 10.8 Å². The molecule has 0 aromatic heterocycles. The van der Waals surface area contributed by atoms with Gasteiger partial charge in [-0.3, -0.25) is 9.69 Å². The normalized spacial score (nSPS) is 16.8. The van der Waals surface area contributed by atoms with Gasteiger partial charge < -0.3 is 10.6 Å². The Hall–Kier alpha value is -2.11. The third-order valence-corrected chi connectivity index (χ3v) is 7.37. The molecular formula is C28H33Cl2N3O. The highest BCUT2D eigenvalue weighted by Gasteiger charge is 2.29. The molecule has 6 heteroatoms. The number of aryl methyl sites for hydroxylation is 1. The molecule has 0 aliphatic carbocycles. The summed E-state index contributed by atoms with van der Waals surface area (Å²) >= 11 is 12.3. The van der Waals surface area contributed by atoms with Crippen LogP contribution in [-0.4, -0.2) is 54.5 Å². The van der Waals surface area contributed by atoms with Crippen LogP contribution in [0.1, 0.15) is 30.4 Å². The van der Waals surface area contributed by atoms with Gasteiger partial charge in [0, 0.05) is 48.7 Å². The van der Waals surface area contributed by atoms with Crippen LogP contribution in [0.5, 0.6) is 0 Å². The first-order valence-corrected chi connectivity index (χ1v) is 12.9. The third-order valence-electron chi connectivity index (χ3n) is 6.78. The van der Waals surface area contributed by atoms with E-state index in [2.05, 4.69) is 52.3 Å². The molecule has 1 amide bonds. The molecule has 34 heavy (non-hydrogen) atoms. The summed E-state index contributed by atoms with van der Waals surface area (Å²) < 4.78 is 0. The van der Waals surface area contributed by atoms with Crippen LogP contribution in [0.2, 0.25) is 10.0 Å². The number of carbonyl (C=O) groups is 1. The standard InChI is InChI=1S/C28H33Cl2N3O/c29-25-11-9-23(27(30)19-25)10-12-28(34)33-17-16-32(20-26(33)6-3-14-31)15-13-21-7-8-22-4-1-2-5-24(22)18-21/h1-2,4-5,7-9,11,18-19,26H,3,6,10,12-17,20,31H2. The van der Waals surface area contributed by atoms with Crippen LogP contribution in [0, 0.1) is 0 Å². The van der Waals surface area contributed by atoms with E-state index in [1.807, 2.05) is 12.1 Å². The van der Waals surface area contributed by atoms with E-state index in [0.717, 1.165) is 51.0 Å². The summed E-state index contributed by atoms with van der Waals surface area (Å²) in [6.45, 7) is 4.22. The molecule has 4 nitrogen and oxygen atoms in total. The van der Waals surface area contributed by atoms with Crippen molar-refractivity contribution in [2.24, 2.45) is 5.73 Å². The van der Waals surface area contributed by atoms with Gasteiger partial charge >= 0.3 is 0 Å². The molecule has 1 heterocycles. The maximum Gasteiger partial charge on any atom is 0.223 e. The number of carbonyl (C=O) groups excluding carboxylic acids is 1. The van der Waals surface area contributed by atoms with Crippen LogP contribution in [0.4, 0.5) is 0 Å². The summed E-state index contributed by atoms with van der Waals surface area (Å²) in [5.74, 6) is 0.196. The summed E-state index contributed by atoms with van der Waals surface area (Å²) in [6.07, 6.45) is 3.96. The van der Waals surface area contributed by atoms with Crippen molar-refractivity contribution in [1.82, 2.24) is 9.80 Å². The fourth-order valence-corrected chi connectivity index (χ4v) is 5.35. The Morgan fingerprint density at radius 2 is 1.79 bits per heavy atom. The number of rotatable bonds is 9.